The topological polar surface area (TPSA) is 145 Å². The first kappa shape index (κ1) is 37.1. The Hall–Kier alpha value is -2.71. The second-order valence-electron chi connectivity index (χ2n) is 17.5. The van der Waals surface area contributed by atoms with E-state index in [2.05, 4.69) is 0 Å². The second kappa shape index (κ2) is 12.0. The quantitative estimate of drug-likeness (QED) is 0.325. The number of hydroxylamine groups is 6. The lowest BCUT2D eigenvalue weighted by molar-refractivity contribution is -0.297. The number of hydrogen-bond donors (Lipinski definition) is 0. The van der Waals surface area contributed by atoms with E-state index in [1.807, 2.05) is 12.1 Å². The van der Waals surface area contributed by atoms with Crippen LogP contribution in [0.4, 0.5) is 4.39 Å². The molecule has 3 aliphatic rings. The summed E-state index contributed by atoms with van der Waals surface area (Å²) in [7, 11) is 0. The van der Waals surface area contributed by atoms with E-state index in [1.165, 1.54) is 0 Å². The van der Waals surface area contributed by atoms with Crippen molar-refractivity contribution in [2.24, 2.45) is 0 Å². The lowest BCUT2D eigenvalue weighted by Crippen LogP contribution is -2.60. The number of hydrogen-bond acceptors (Lipinski definition) is 8. The number of nitrogens with zero attached hydrogens (tertiary/aromatic N) is 5. The SMILES string of the molecule is CC1(C)CC(Oc2c(F)c(OC3CC(C)(C)N([O])C(C)(C)C3)c(C#N)c(OC3CC(C)(C)N([O])C(C)(C)C3)c2C#N)CC(C)(C)N1[O]. The van der Waals surface area contributed by atoms with Gasteiger partial charge in [-0.25, -0.2) is 0 Å². The van der Waals surface area contributed by atoms with E-state index < -0.39 is 68.9 Å². The van der Waals surface area contributed by atoms with Crippen LogP contribution in [0.3, 0.4) is 0 Å². The van der Waals surface area contributed by atoms with Crippen LogP contribution in [0.2, 0.25) is 0 Å². The highest BCUT2D eigenvalue weighted by Crippen LogP contribution is 2.49. The van der Waals surface area contributed by atoms with Crippen molar-refractivity contribution in [3.63, 3.8) is 0 Å². The molecule has 47 heavy (non-hydrogen) atoms. The summed E-state index contributed by atoms with van der Waals surface area (Å²) in [5, 5.41) is 63.3. The molecule has 0 unspecified atom stereocenters. The Bertz CT molecular complexity index is 1320. The van der Waals surface area contributed by atoms with Crippen molar-refractivity contribution < 1.29 is 34.2 Å². The highest BCUT2D eigenvalue weighted by Gasteiger charge is 2.51. The van der Waals surface area contributed by atoms with Crippen LogP contribution in [-0.4, -0.2) is 66.7 Å². The maximum Gasteiger partial charge on any atom is 0.209 e. The zero-order valence-electron chi connectivity index (χ0n) is 30.0. The third-order valence-electron chi connectivity index (χ3n) is 10.0. The molecule has 11 nitrogen and oxygen atoms in total. The van der Waals surface area contributed by atoms with Crippen molar-refractivity contribution in [3.8, 4) is 29.4 Å². The molecule has 3 radical (unpaired) electrons. The van der Waals surface area contributed by atoms with Gasteiger partial charge in [0.25, 0.3) is 0 Å². The first-order valence-electron chi connectivity index (χ1n) is 16.4. The Balaban J connectivity index is 1.87. The smallest absolute Gasteiger partial charge is 0.209 e. The fourth-order valence-corrected chi connectivity index (χ4v) is 8.46. The molecule has 0 saturated carbocycles. The largest absolute Gasteiger partial charge is 0.487 e. The zero-order chi connectivity index (χ0) is 35.7. The van der Waals surface area contributed by atoms with Gasteiger partial charge in [0.1, 0.15) is 41.6 Å². The van der Waals surface area contributed by atoms with E-state index in [4.69, 9.17) is 14.2 Å². The van der Waals surface area contributed by atoms with Gasteiger partial charge in [-0.2, -0.15) is 14.9 Å². The van der Waals surface area contributed by atoms with E-state index >= 15 is 4.39 Å². The molecule has 4 rings (SSSR count). The summed E-state index contributed by atoms with van der Waals surface area (Å²) in [6.07, 6.45) is -0.305. The van der Waals surface area contributed by atoms with Gasteiger partial charge >= 0.3 is 0 Å². The molecule has 0 aliphatic carbocycles. The minimum absolute atomic E-state index is 0.170. The Labute approximate surface area is 279 Å². The molecule has 12 heteroatoms. The molecule has 3 saturated heterocycles. The van der Waals surface area contributed by atoms with Crippen molar-refractivity contribution in [2.75, 3.05) is 0 Å². The van der Waals surface area contributed by atoms with Crippen LogP contribution in [0.5, 0.6) is 17.2 Å². The number of ether oxygens (including phenoxy) is 3. The van der Waals surface area contributed by atoms with Crippen molar-refractivity contribution >= 4 is 0 Å². The van der Waals surface area contributed by atoms with Crippen molar-refractivity contribution in [1.82, 2.24) is 15.2 Å². The highest BCUT2D eigenvalue weighted by atomic mass is 19.1. The van der Waals surface area contributed by atoms with E-state index in [9.17, 15) is 26.1 Å². The molecule has 3 heterocycles. The van der Waals surface area contributed by atoms with Crippen LogP contribution in [0, 0.1) is 28.5 Å². The van der Waals surface area contributed by atoms with Gasteiger partial charge in [0.15, 0.2) is 17.2 Å². The summed E-state index contributed by atoms with van der Waals surface area (Å²) in [6, 6.07) is 4.07. The molecule has 3 aliphatic heterocycles. The van der Waals surface area contributed by atoms with Gasteiger partial charge in [-0.3, -0.25) is 0 Å². The van der Waals surface area contributed by atoms with Crippen molar-refractivity contribution in [1.29, 1.82) is 10.5 Å². The van der Waals surface area contributed by atoms with E-state index in [0.29, 0.717) is 0 Å². The first-order valence-corrected chi connectivity index (χ1v) is 16.4. The van der Waals surface area contributed by atoms with Crippen molar-refractivity contribution in [2.45, 2.75) is 173 Å². The molecule has 0 amide bonds. The Morgan fingerprint density at radius 3 is 0.936 bits per heavy atom. The second-order valence-corrected chi connectivity index (χ2v) is 17.5. The fourth-order valence-electron chi connectivity index (χ4n) is 8.46. The third-order valence-corrected chi connectivity index (χ3v) is 10.0. The first-order chi connectivity index (χ1) is 21.3. The van der Waals surface area contributed by atoms with Gasteiger partial charge in [-0.05, 0) is 83.1 Å². The van der Waals surface area contributed by atoms with Crippen LogP contribution >= 0.6 is 0 Å². The summed E-state index contributed by atoms with van der Waals surface area (Å²) in [5.41, 5.74) is -5.58. The standard InChI is InChI=1S/C35H51FN5O6/c1-30(2)13-21(14-31(3,4)39(30)42)45-27-24(19-37)28(46-22-15-32(5,6)40(43)33(7,8)16-22)26(36)29(25(27)20-38)47-23-17-34(9,10)41(44)35(11,12)18-23/h21-23H,13-18H2,1-12H3. The molecule has 1 aromatic carbocycles. The average molecular weight is 657 g/mol. The Kier molecular flexibility index (Phi) is 9.48. The summed E-state index contributed by atoms with van der Waals surface area (Å²) in [4.78, 5) is 0. The van der Waals surface area contributed by atoms with Gasteiger partial charge in [0, 0.05) is 71.8 Å². The Morgan fingerprint density at radius 1 is 0.511 bits per heavy atom. The predicted molar refractivity (Wildman–Crippen MR) is 169 cm³/mol. The average Bonchev–Trinajstić information content (AvgIpc) is 2.91. The summed E-state index contributed by atoms with van der Waals surface area (Å²) >= 11 is 0. The van der Waals surface area contributed by atoms with E-state index in [0.717, 1.165) is 15.2 Å². The number of nitriles is 2. The van der Waals surface area contributed by atoms with E-state index in [1.54, 1.807) is 83.1 Å². The monoisotopic (exact) mass is 656 g/mol. The maximum atomic E-state index is 16.9. The zero-order valence-corrected chi connectivity index (χ0v) is 30.0. The normalized spacial score (nSPS) is 26.3. The van der Waals surface area contributed by atoms with Crippen LogP contribution in [-0.2, 0) is 15.6 Å². The molecule has 0 atom stereocenters. The molecule has 1 aromatic rings. The summed E-state index contributed by atoms with van der Waals surface area (Å²) in [6.45, 7) is 21.5. The van der Waals surface area contributed by atoms with Gasteiger partial charge in [-0.15, -0.1) is 30.8 Å². The lowest BCUT2D eigenvalue weighted by Gasteiger charge is -2.50. The van der Waals surface area contributed by atoms with Crippen LogP contribution in [0.15, 0.2) is 0 Å². The third kappa shape index (κ3) is 6.92. The summed E-state index contributed by atoms with van der Waals surface area (Å²) in [5.74, 6) is -2.00. The Morgan fingerprint density at radius 2 is 0.723 bits per heavy atom. The van der Waals surface area contributed by atoms with Crippen LogP contribution in [0.1, 0.15) is 133 Å². The van der Waals surface area contributed by atoms with Gasteiger partial charge < -0.3 is 14.2 Å². The van der Waals surface area contributed by atoms with Gasteiger partial charge in [0.05, 0.1) is 0 Å². The molecule has 0 aromatic heterocycles. The van der Waals surface area contributed by atoms with Crippen LogP contribution in [0.25, 0.3) is 0 Å². The fraction of sp³-hybridized carbons (Fsp3) is 0.771. The number of rotatable bonds is 6. The van der Waals surface area contributed by atoms with Gasteiger partial charge in [-0.1, -0.05) is 0 Å². The minimum atomic E-state index is -1.01. The molecule has 0 N–H and O–H groups in total. The molecule has 3 fully saturated rings. The molecule has 0 bridgehead atoms. The predicted octanol–water partition coefficient (Wildman–Crippen LogP) is 6.81. The van der Waals surface area contributed by atoms with Crippen molar-refractivity contribution in [3.05, 3.63) is 16.9 Å². The molecule has 0 spiro atoms. The minimum Gasteiger partial charge on any atom is -0.487 e. The molecular formula is C35H51FN5O6. The lowest BCUT2D eigenvalue weighted by atomic mass is 9.80. The molecule has 259 valence electrons. The summed E-state index contributed by atoms with van der Waals surface area (Å²) < 4.78 is 36.0. The van der Waals surface area contributed by atoms with E-state index in [-0.39, 0.29) is 55.4 Å². The number of halogens is 1. The number of benzene rings is 1. The van der Waals surface area contributed by atoms with Crippen LogP contribution < -0.4 is 14.2 Å². The number of piperidine rings is 3. The maximum absolute atomic E-state index is 16.9. The van der Waals surface area contributed by atoms with Gasteiger partial charge in [0.2, 0.25) is 5.82 Å². The molecular weight excluding hydrogens is 605 g/mol. The highest BCUT2D eigenvalue weighted by molar-refractivity contribution is 5.67.